The van der Waals surface area contributed by atoms with Crippen molar-refractivity contribution >= 4 is 28.7 Å². The molecule has 1 aliphatic rings. The monoisotopic (exact) mass is 560 g/mol. The van der Waals surface area contributed by atoms with E-state index in [0.717, 1.165) is 32.1 Å². The summed E-state index contributed by atoms with van der Waals surface area (Å²) in [5.74, 6) is 0.964. The molecule has 1 fully saturated rings. The van der Waals surface area contributed by atoms with Crippen molar-refractivity contribution in [3.05, 3.63) is 89.1 Å². The van der Waals surface area contributed by atoms with Crippen molar-refractivity contribution in [2.45, 2.75) is 51.5 Å². The predicted molar refractivity (Wildman–Crippen MR) is 153 cm³/mol. The summed E-state index contributed by atoms with van der Waals surface area (Å²) in [6.45, 7) is 0.169. The van der Waals surface area contributed by atoms with Crippen LogP contribution in [0.2, 0.25) is 0 Å². The third-order valence-electron chi connectivity index (χ3n) is 7.48. The first-order chi connectivity index (χ1) is 19.5. The highest BCUT2D eigenvalue weighted by Crippen LogP contribution is 2.36. The molecule has 4 aromatic rings. The molecule has 1 amide bonds. The van der Waals surface area contributed by atoms with Crippen molar-refractivity contribution in [1.29, 1.82) is 0 Å². The molecule has 2 aromatic heterocycles. The first-order valence-electron chi connectivity index (χ1n) is 13.8. The van der Waals surface area contributed by atoms with E-state index in [-0.39, 0.29) is 35.9 Å². The van der Waals surface area contributed by atoms with Gasteiger partial charge in [0.15, 0.2) is 5.78 Å². The summed E-state index contributed by atoms with van der Waals surface area (Å²) < 4.78 is 18.9. The van der Waals surface area contributed by atoms with E-state index in [0.29, 0.717) is 35.9 Å². The highest BCUT2D eigenvalue weighted by Gasteiger charge is 2.32. The van der Waals surface area contributed by atoms with Gasteiger partial charge in [0.1, 0.15) is 23.9 Å². The van der Waals surface area contributed by atoms with Crippen LogP contribution in [0.1, 0.15) is 43.4 Å². The summed E-state index contributed by atoms with van der Waals surface area (Å²) in [6.07, 6.45) is 9.12. The summed E-state index contributed by atoms with van der Waals surface area (Å²) in [5, 5.41) is 13.3. The fourth-order valence-corrected chi connectivity index (χ4v) is 6.16. The van der Waals surface area contributed by atoms with Gasteiger partial charge in [-0.3, -0.25) is 9.59 Å². The predicted octanol–water partition coefficient (Wildman–Crippen LogP) is 6.92. The van der Waals surface area contributed by atoms with Crippen LogP contribution in [0.4, 0.5) is 10.1 Å². The normalized spacial score (nSPS) is 19.1. The van der Waals surface area contributed by atoms with Gasteiger partial charge in [-0.25, -0.2) is 4.39 Å². The molecule has 1 N–H and O–H groups in total. The van der Waals surface area contributed by atoms with Gasteiger partial charge in [-0.15, -0.1) is 11.3 Å². The van der Waals surface area contributed by atoms with Gasteiger partial charge in [-0.05, 0) is 104 Å². The topological polar surface area (TPSA) is 86.1 Å². The third-order valence-corrected chi connectivity index (χ3v) is 8.41. The first-order valence-corrected chi connectivity index (χ1v) is 14.6. The van der Waals surface area contributed by atoms with Gasteiger partial charge < -0.3 is 10.1 Å². The molecule has 3 atom stereocenters. The molecule has 0 bridgehead atoms. The highest BCUT2D eigenvalue weighted by molar-refractivity contribution is 7.09. The Bertz CT molecular complexity index is 1360. The maximum atomic E-state index is 13.4. The van der Waals surface area contributed by atoms with Crippen LogP contribution in [0, 0.1) is 23.6 Å². The molecule has 0 radical (unpaired) electrons. The Morgan fingerprint density at radius 1 is 0.950 bits per heavy atom. The molecule has 7 nitrogen and oxygen atoms in total. The second kappa shape index (κ2) is 13.5. The molecule has 0 spiro atoms. The number of hydrogen-bond acceptors (Lipinski definition) is 6. The number of amides is 1. The number of nitrogens with zero attached hydrogens (tertiary/aromatic N) is 3. The number of halogens is 1. The minimum absolute atomic E-state index is 0.0164. The molecule has 1 saturated carbocycles. The van der Waals surface area contributed by atoms with Crippen molar-refractivity contribution in [1.82, 2.24) is 15.0 Å². The van der Waals surface area contributed by atoms with Crippen LogP contribution < -0.4 is 10.1 Å². The number of carbonyl (C=O) groups is 2. The van der Waals surface area contributed by atoms with Crippen molar-refractivity contribution in [2.75, 3.05) is 5.32 Å². The Morgan fingerprint density at radius 2 is 1.62 bits per heavy atom. The second-order valence-electron chi connectivity index (χ2n) is 10.4. The number of ether oxygens (including phenoxy) is 1. The van der Waals surface area contributed by atoms with Gasteiger partial charge >= 0.3 is 0 Å². The number of thiophene rings is 1. The van der Waals surface area contributed by atoms with Crippen LogP contribution in [0.15, 0.2) is 78.4 Å². The number of ketones is 1. The fraction of sp³-hybridized carbons (Fsp3) is 0.355. The number of nitrogens with one attached hydrogen (secondary N) is 1. The van der Waals surface area contributed by atoms with E-state index >= 15 is 0 Å². The van der Waals surface area contributed by atoms with Crippen LogP contribution in [-0.4, -0.2) is 26.7 Å². The lowest BCUT2D eigenvalue weighted by Crippen LogP contribution is -2.24. The Morgan fingerprint density at radius 3 is 2.33 bits per heavy atom. The summed E-state index contributed by atoms with van der Waals surface area (Å²) >= 11 is 1.77. The van der Waals surface area contributed by atoms with Crippen LogP contribution in [0.3, 0.4) is 0 Å². The summed E-state index contributed by atoms with van der Waals surface area (Å²) in [6, 6.07) is 17.2. The zero-order chi connectivity index (χ0) is 27.7. The van der Waals surface area contributed by atoms with E-state index < -0.39 is 0 Å². The van der Waals surface area contributed by atoms with Crippen LogP contribution in [0.5, 0.6) is 11.5 Å². The molecule has 3 unspecified atom stereocenters. The summed E-state index contributed by atoms with van der Waals surface area (Å²) in [7, 11) is 0. The van der Waals surface area contributed by atoms with Gasteiger partial charge in [0.05, 0.1) is 12.4 Å². The maximum Gasteiger partial charge on any atom is 0.227 e. The molecule has 2 aromatic carbocycles. The molecule has 5 rings (SSSR count). The number of carbonyl (C=O) groups excluding carboxylic acids is 2. The second-order valence-corrected chi connectivity index (χ2v) is 11.4. The summed E-state index contributed by atoms with van der Waals surface area (Å²) in [5.41, 5.74) is 0.687. The number of anilines is 1. The third kappa shape index (κ3) is 7.85. The van der Waals surface area contributed by atoms with E-state index in [4.69, 9.17) is 4.74 Å². The number of Topliss-reactive ketones (excluding diaryl/α,β-unsaturated/α-hetero) is 1. The van der Waals surface area contributed by atoms with Crippen LogP contribution in [-0.2, 0) is 22.6 Å². The zero-order valence-electron chi connectivity index (χ0n) is 22.2. The highest BCUT2D eigenvalue weighted by atomic mass is 32.1. The Labute approximate surface area is 237 Å². The Kier molecular flexibility index (Phi) is 9.34. The van der Waals surface area contributed by atoms with E-state index in [1.165, 1.54) is 21.8 Å². The van der Waals surface area contributed by atoms with Crippen molar-refractivity contribution in [2.24, 2.45) is 17.8 Å². The van der Waals surface area contributed by atoms with E-state index in [9.17, 15) is 14.0 Å². The molecular formula is C31H33FN4O3S. The van der Waals surface area contributed by atoms with Gasteiger partial charge in [0.25, 0.3) is 0 Å². The molecule has 40 heavy (non-hydrogen) atoms. The van der Waals surface area contributed by atoms with Gasteiger partial charge in [-0.2, -0.15) is 15.0 Å². The van der Waals surface area contributed by atoms with Crippen LogP contribution >= 0.6 is 11.3 Å². The Balaban J connectivity index is 1.20. The van der Waals surface area contributed by atoms with Gasteiger partial charge in [0, 0.05) is 22.4 Å². The largest absolute Gasteiger partial charge is 0.457 e. The van der Waals surface area contributed by atoms with Crippen LogP contribution in [0.25, 0.3) is 0 Å². The smallest absolute Gasteiger partial charge is 0.227 e. The van der Waals surface area contributed by atoms with Crippen molar-refractivity contribution < 1.29 is 18.7 Å². The van der Waals surface area contributed by atoms with Crippen molar-refractivity contribution in [3.8, 4) is 11.5 Å². The fourth-order valence-electron chi connectivity index (χ4n) is 5.41. The minimum Gasteiger partial charge on any atom is -0.457 e. The maximum absolute atomic E-state index is 13.4. The lowest BCUT2D eigenvalue weighted by atomic mass is 9.86. The number of rotatable bonds is 11. The number of aryl methyl sites for hydroxylation is 1. The van der Waals surface area contributed by atoms with E-state index in [1.807, 2.05) is 0 Å². The molecular weight excluding hydrogens is 527 g/mol. The molecule has 2 heterocycles. The van der Waals surface area contributed by atoms with E-state index in [1.54, 1.807) is 60.1 Å². The van der Waals surface area contributed by atoms with E-state index in [2.05, 4.69) is 33.0 Å². The standard InChI is InChI=1S/C31H33FN4O3S/c32-25-8-12-27(13-9-25)39-28-14-10-26(11-15-28)35-31(38)24-7-6-23(30(37)21-36-33-16-17-34-36)19-22(20-24)3-1-4-29-5-2-18-40-29/h2,5,8-18,22-24H,1,3-4,6-7,19-21H2,(H,35,38). The number of aromatic nitrogens is 3. The molecule has 1 aliphatic carbocycles. The molecule has 0 aliphatic heterocycles. The number of benzene rings is 2. The Hall–Kier alpha value is -3.85. The first kappa shape index (κ1) is 27.7. The van der Waals surface area contributed by atoms with Gasteiger partial charge in [-0.1, -0.05) is 12.5 Å². The molecule has 9 heteroatoms. The quantitative estimate of drug-likeness (QED) is 0.201. The molecule has 208 valence electrons. The molecule has 0 saturated heterocycles. The lowest BCUT2D eigenvalue weighted by Gasteiger charge is -2.21. The SMILES string of the molecule is O=C(Cn1nccn1)C1CCC(C(=O)Nc2ccc(Oc3ccc(F)cc3)cc2)CC(CCCc2cccs2)C1. The number of hydrogen-bond donors (Lipinski definition) is 1. The minimum atomic E-state index is -0.320. The average molecular weight is 561 g/mol. The zero-order valence-corrected chi connectivity index (χ0v) is 23.1. The van der Waals surface area contributed by atoms with Crippen molar-refractivity contribution in [3.63, 3.8) is 0 Å². The average Bonchev–Trinajstić information content (AvgIpc) is 3.62. The van der Waals surface area contributed by atoms with Gasteiger partial charge in [0.2, 0.25) is 5.91 Å². The summed E-state index contributed by atoms with van der Waals surface area (Å²) in [4.78, 5) is 29.3. The lowest BCUT2D eigenvalue weighted by molar-refractivity contribution is -0.125.